The maximum atomic E-state index is 13.2. The number of amides is 1. The number of hydrogen-bond donors (Lipinski definition) is 1. The molecule has 3 heterocycles. The number of nitrogens with one attached hydrogen (secondary N) is 1. The van der Waals surface area contributed by atoms with E-state index >= 15 is 0 Å². The van der Waals surface area contributed by atoms with E-state index in [0.717, 1.165) is 23.8 Å². The largest absolute Gasteiger partial charge is 0.284 e. The minimum Gasteiger partial charge on any atom is -0.266 e. The fraction of sp³-hybridized carbons (Fsp3) is 0.0769. The maximum absolute atomic E-state index is 13.2. The molecule has 0 atom stereocenters. The van der Waals surface area contributed by atoms with Gasteiger partial charge < -0.3 is 0 Å². The molecule has 24 heavy (non-hydrogen) atoms. The summed E-state index contributed by atoms with van der Waals surface area (Å²) < 4.78 is 38.6. The first-order chi connectivity index (χ1) is 11.3. The highest BCUT2D eigenvalue weighted by molar-refractivity contribution is 7.89. The van der Waals surface area contributed by atoms with Crippen LogP contribution in [0.15, 0.2) is 36.2 Å². The molecule has 8 nitrogen and oxygen atoms in total. The number of hydrogen-bond acceptors (Lipinski definition) is 7. The van der Waals surface area contributed by atoms with Crippen LogP contribution >= 0.6 is 11.3 Å². The zero-order valence-corrected chi connectivity index (χ0v) is 13.8. The summed E-state index contributed by atoms with van der Waals surface area (Å²) in [6.07, 6.45) is 6.53. The molecule has 124 valence electrons. The molecule has 3 aromatic rings. The average Bonchev–Trinajstić information content (AvgIpc) is 3.15. The third kappa shape index (κ3) is 3.63. The molecule has 3 aromatic heterocycles. The van der Waals surface area contributed by atoms with Gasteiger partial charge in [0.25, 0.3) is 5.91 Å². The summed E-state index contributed by atoms with van der Waals surface area (Å²) in [6, 6.07) is 1.27. The summed E-state index contributed by atoms with van der Waals surface area (Å²) in [5.74, 6) is -1.29. The van der Waals surface area contributed by atoms with Crippen LogP contribution in [-0.4, -0.2) is 40.3 Å². The van der Waals surface area contributed by atoms with Crippen molar-refractivity contribution in [3.63, 3.8) is 0 Å². The van der Waals surface area contributed by atoms with Gasteiger partial charge >= 0.3 is 0 Å². The van der Waals surface area contributed by atoms with Gasteiger partial charge in [-0.05, 0) is 0 Å². The van der Waals surface area contributed by atoms with Gasteiger partial charge in [-0.2, -0.15) is 5.10 Å². The molecule has 0 aliphatic rings. The van der Waals surface area contributed by atoms with E-state index in [9.17, 15) is 17.6 Å². The van der Waals surface area contributed by atoms with E-state index in [1.54, 1.807) is 6.20 Å². The lowest BCUT2D eigenvalue weighted by molar-refractivity contribution is 0.0977. The average molecular weight is 367 g/mol. The zero-order chi connectivity index (χ0) is 17.3. The molecule has 0 aromatic carbocycles. The Labute approximate surface area is 140 Å². The molecule has 0 aliphatic carbocycles. The summed E-state index contributed by atoms with van der Waals surface area (Å²) in [6.45, 7) is 0. The molecule has 0 bridgehead atoms. The minimum absolute atomic E-state index is 0.0133. The van der Waals surface area contributed by atoms with Gasteiger partial charge in [0.1, 0.15) is 16.5 Å². The molecule has 0 radical (unpaired) electrons. The van der Waals surface area contributed by atoms with E-state index in [1.807, 2.05) is 4.72 Å². The normalized spacial score (nSPS) is 11.4. The Bertz CT molecular complexity index is 1010. The SMILES string of the molecule is CS(=O)(=O)NC(=O)c1csc(-c2cnn(-c3cncc(F)c3)c2)n1. The topological polar surface area (TPSA) is 107 Å². The zero-order valence-electron chi connectivity index (χ0n) is 12.2. The number of sulfonamides is 1. The predicted octanol–water partition coefficient (Wildman–Crippen LogP) is 1.22. The van der Waals surface area contributed by atoms with Crippen LogP contribution in [0.5, 0.6) is 0 Å². The minimum atomic E-state index is -3.66. The first-order valence-electron chi connectivity index (χ1n) is 6.45. The van der Waals surface area contributed by atoms with Crippen LogP contribution in [0, 0.1) is 5.82 Å². The molecular formula is C13H10FN5O3S2. The van der Waals surface area contributed by atoms with Crippen molar-refractivity contribution in [2.24, 2.45) is 0 Å². The number of pyridine rings is 1. The lowest BCUT2D eigenvalue weighted by atomic mass is 10.3. The second-order valence-corrected chi connectivity index (χ2v) is 7.38. The molecular weight excluding hydrogens is 357 g/mol. The second kappa shape index (κ2) is 6.09. The van der Waals surface area contributed by atoms with E-state index in [-0.39, 0.29) is 5.69 Å². The van der Waals surface area contributed by atoms with Gasteiger partial charge in [0, 0.05) is 23.2 Å². The van der Waals surface area contributed by atoms with Crippen LogP contribution in [0.4, 0.5) is 4.39 Å². The number of thiazole rings is 1. The van der Waals surface area contributed by atoms with Gasteiger partial charge in [-0.15, -0.1) is 11.3 Å². The quantitative estimate of drug-likeness (QED) is 0.743. The van der Waals surface area contributed by atoms with Crippen LogP contribution in [0.1, 0.15) is 10.5 Å². The lowest BCUT2D eigenvalue weighted by Crippen LogP contribution is -2.29. The van der Waals surface area contributed by atoms with Crippen molar-refractivity contribution >= 4 is 27.3 Å². The number of carbonyl (C=O) groups is 1. The number of aromatic nitrogens is 4. The highest BCUT2D eigenvalue weighted by atomic mass is 32.2. The first kappa shape index (κ1) is 16.2. The van der Waals surface area contributed by atoms with Gasteiger partial charge in [-0.25, -0.2) is 27.2 Å². The molecule has 0 saturated carbocycles. The molecule has 0 saturated heterocycles. The van der Waals surface area contributed by atoms with Crippen LogP contribution < -0.4 is 4.72 Å². The van der Waals surface area contributed by atoms with Gasteiger partial charge in [0.05, 0.1) is 30.5 Å². The predicted molar refractivity (Wildman–Crippen MR) is 84.7 cm³/mol. The standard InChI is InChI=1S/C13H10FN5O3S2/c1-24(21,22)18-12(20)11-7-23-13(17-11)8-3-16-19(6-8)10-2-9(14)4-15-5-10/h2-7H,1H3,(H,18,20). The van der Waals surface area contributed by atoms with Crippen molar-refractivity contribution in [1.29, 1.82) is 0 Å². The number of rotatable bonds is 4. The Hall–Kier alpha value is -2.66. The van der Waals surface area contributed by atoms with E-state index in [4.69, 9.17) is 0 Å². The Morgan fingerprint density at radius 2 is 2.12 bits per heavy atom. The van der Waals surface area contributed by atoms with Crippen molar-refractivity contribution in [3.8, 4) is 16.3 Å². The van der Waals surface area contributed by atoms with Crippen molar-refractivity contribution in [1.82, 2.24) is 24.5 Å². The van der Waals surface area contributed by atoms with E-state index in [1.165, 1.54) is 28.5 Å². The smallest absolute Gasteiger partial charge is 0.266 e. The Kier molecular flexibility index (Phi) is 4.11. The molecule has 0 aliphatic heterocycles. The van der Waals surface area contributed by atoms with Gasteiger partial charge in [0.15, 0.2) is 0 Å². The van der Waals surface area contributed by atoms with Crippen LogP contribution in [0.3, 0.4) is 0 Å². The maximum Gasteiger partial charge on any atom is 0.284 e. The fourth-order valence-corrected chi connectivity index (χ4v) is 3.05. The van der Waals surface area contributed by atoms with Crippen LogP contribution in [-0.2, 0) is 10.0 Å². The molecule has 11 heteroatoms. The molecule has 3 rings (SSSR count). The van der Waals surface area contributed by atoms with Crippen molar-refractivity contribution in [3.05, 3.63) is 47.7 Å². The van der Waals surface area contributed by atoms with Crippen molar-refractivity contribution in [2.45, 2.75) is 0 Å². The monoisotopic (exact) mass is 367 g/mol. The summed E-state index contributed by atoms with van der Waals surface area (Å²) in [4.78, 5) is 19.6. The summed E-state index contributed by atoms with van der Waals surface area (Å²) in [5, 5.41) is 6.02. The Morgan fingerprint density at radius 3 is 2.83 bits per heavy atom. The van der Waals surface area contributed by atoms with Crippen molar-refractivity contribution < 1.29 is 17.6 Å². The van der Waals surface area contributed by atoms with Crippen molar-refractivity contribution in [2.75, 3.05) is 6.26 Å². The lowest BCUT2D eigenvalue weighted by Gasteiger charge is -1.99. The fourth-order valence-electron chi connectivity index (χ4n) is 1.83. The summed E-state index contributed by atoms with van der Waals surface area (Å²) in [7, 11) is -3.66. The van der Waals surface area contributed by atoms with Gasteiger partial charge in [0.2, 0.25) is 10.0 Å². The van der Waals surface area contributed by atoms with Gasteiger partial charge in [-0.1, -0.05) is 0 Å². The van der Waals surface area contributed by atoms with Gasteiger partial charge in [-0.3, -0.25) is 9.78 Å². The summed E-state index contributed by atoms with van der Waals surface area (Å²) in [5.41, 5.74) is 1.02. The second-order valence-electron chi connectivity index (χ2n) is 4.78. The van der Waals surface area contributed by atoms with E-state index < -0.39 is 21.7 Å². The Morgan fingerprint density at radius 1 is 1.33 bits per heavy atom. The van der Waals surface area contributed by atoms with E-state index in [0.29, 0.717) is 16.3 Å². The third-order valence-electron chi connectivity index (χ3n) is 2.80. The highest BCUT2D eigenvalue weighted by Gasteiger charge is 2.16. The number of carbonyl (C=O) groups excluding carboxylic acids is 1. The molecule has 1 amide bonds. The molecule has 1 N–H and O–H groups in total. The molecule has 0 spiro atoms. The summed E-state index contributed by atoms with van der Waals surface area (Å²) >= 11 is 1.16. The Balaban J connectivity index is 1.85. The number of halogens is 1. The third-order valence-corrected chi connectivity index (χ3v) is 4.25. The van der Waals surface area contributed by atoms with E-state index in [2.05, 4.69) is 15.1 Å². The van der Waals surface area contributed by atoms with Crippen LogP contribution in [0.2, 0.25) is 0 Å². The number of nitrogens with zero attached hydrogens (tertiary/aromatic N) is 4. The highest BCUT2D eigenvalue weighted by Crippen LogP contribution is 2.24. The first-order valence-corrected chi connectivity index (χ1v) is 9.22. The molecule has 0 unspecified atom stereocenters. The molecule has 0 fully saturated rings. The van der Waals surface area contributed by atoms with Crippen LogP contribution in [0.25, 0.3) is 16.3 Å².